The molecule has 2 aromatic heterocycles. The summed E-state index contributed by atoms with van der Waals surface area (Å²) in [5.41, 5.74) is 1.46. The van der Waals surface area contributed by atoms with Crippen molar-refractivity contribution >= 4 is 28.4 Å². The zero-order valence-electron chi connectivity index (χ0n) is 15.0. The normalized spacial score (nSPS) is 17.4. The molecule has 1 aliphatic rings. The topological polar surface area (TPSA) is 70.7 Å². The van der Waals surface area contributed by atoms with Gasteiger partial charge >= 0.3 is 0 Å². The molecule has 2 aromatic carbocycles. The van der Waals surface area contributed by atoms with Crippen molar-refractivity contribution in [3.63, 3.8) is 0 Å². The summed E-state index contributed by atoms with van der Waals surface area (Å²) in [5.74, 6) is 1.26. The molecule has 142 valence electrons. The Morgan fingerprint density at radius 1 is 1.07 bits per heavy atom. The Hall–Kier alpha value is -2.68. The Labute approximate surface area is 164 Å². The van der Waals surface area contributed by atoms with E-state index >= 15 is 0 Å². The molecular weight excluding hydrogens is 376 g/mol. The van der Waals surface area contributed by atoms with Gasteiger partial charge in [-0.15, -0.1) is 10.2 Å². The van der Waals surface area contributed by atoms with Crippen LogP contribution >= 0.6 is 11.8 Å². The first-order chi connectivity index (χ1) is 13.8. The number of fused-ring (bicyclic) bond motifs is 3. The van der Waals surface area contributed by atoms with Crippen LogP contribution in [0.5, 0.6) is 0 Å². The number of hydrogen-bond acceptors (Lipinski definition) is 6. The molecule has 8 heteroatoms. The highest BCUT2D eigenvalue weighted by Crippen LogP contribution is 2.25. The van der Waals surface area contributed by atoms with Crippen LogP contribution in [0.25, 0.3) is 22.4 Å². The predicted octanol–water partition coefficient (Wildman–Crippen LogP) is 2.89. The fourth-order valence-electron chi connectivity index (χ4n) is 3.38. The molecule has 1 atom stereocenters. The summed E-state index contributed by atoms with van der Waals surface area (Å²) in [6.45, 7) is 1.05. The number of ether oxygens (including phenoxy) is 2. The van der Waals surface area contributed by atoms with Crippen LogP contribution in [-0.2, 0) is 9.47 Å². The minimum atomic E-state index is -0.106. The third-order valence-corrected chi connectivity index (χ3v) is 5.84. The van der Waals surface area contributed by atoms with E-state index in [0.29, 0.717) is 24.6 Å². The van der Waals surface area contributed by atoms with Crippen molar-refractivity contribution in [1.82, 2.24) is 19.2 Å². The van der Waals surface area contributed by atoms with Crippen molar-refractivity contribution in [2.45, 2.75) is 17.7 Å². The van der Waals surface area contributed by atoms with Crippen molar-refractivity contribution in [2.24, 2.45) is 0 Å². The predicted molar refractivity (Wildman–Crippen MR) is 107 cm³/mol. The van der Waals surface area contributed by atoms with Gasteiger partial charge < -0.3 is 9.47 Å². The van der Waals surface area contributed by atoms with Gasteiger partial charge in [-0.2, -0.15) is 0 Å². The van der Waals surface area contributed by atoms with Crippen LogP contribution in [-0.4, -0.2) is 44.4 Å². The second-order valence-corrected chi connectivity index (χ2v) is 7.51. The van der Waals surface area contributed by atoms with E-state index in [-0.39, 0.29) is 11.7 Å². The molecule has 0 unspecified atom stereocenters. The minimum Gasteiger partial charge on any atom is -0.355 e. The van der Waals surface area contributed by atoms with Crippen LogP contribution in [0.4, 0.5) is 0 Å². The lowest BCUT2D eigenvalue weighted by atomic mass is 10.2. The molecule has 0 saturated carbocycles. The number of thioether (sulfide) groups is 1. The SMILES string of the molecule is O=c1c2ccccc2n2c(SC[C@H]3CCOCO3)nnc2n1-c1ccccc1. The lowest BCUT2D eigenvalue weighted by Crippen LogP contribution is -2.25. The smallest absolute Gasteiger partial charge is 0.267 e. The Bertz CT molecular complexity index is 1180. The first-order valence-electron chi connectivity index (χ1n) is 9.09. The van der Waals surface area contributed by atoms with Gasteiger partial charge in [0.15, 0.2) is 5.16 Å². The Balaban J connectivity index is 1.67. The summed E-state index contributed by atoms with van der Waals surface area (Å²) >= 11 is 1.58. The van der Waals surface area contributed by atoms with Crippen molar-refractivity contribution in [3.8, 4) is 5.69 Å². The van der Waals surface area contributed by atoms with Crippen molar-refractivity contribution in [3.05, 3.63) is 65.0 Å². The van der Waals surface area contributed by atoms with E-state index in [1.807, 2.05) is 59.0 Å². The molecular formula is C20H18N4O3S. The van der Waals surface area contributed by atoms with Gasteiger partial charge in [-0.1, -0.05) is 42.1 Å². The summed E-state index contributed by atoms with van der Waals surface area (Å²) in [5, 5.41) is 10.1. The van der Waals surface area contributed by atoms with Crippen LogP contribution in [0.15, 0.2) is 64.5 Å². The van der Waals surface area contributed by atoms with Crippen molar-refractivity contribution in [2.75, 3.05) is 19.2 Å². The average Bonchev–Trinajstić information content (AvgIpc) is 3.18. The molecule has 28 heavy (non-hydrogen) atoms. The molecule has 5 rings (SSSR count). The Kier molecular flexibility index (Phi) is 4.59. The van der Waals surface area contributed by atoms with Gasteiger partial charge in [-0.05, 0) is 30.7 Å². The molecule has 0 radical (unpaired) electrons. The molecule has 1 saturated heterocycles. The number of hydrogen-bond donors (Lipinski definition) is 0. The summed E-state index contributed by atoms with van der Waals surface area (Å²) in [7, 11) is 0. The van der Waals surface area contributed by atoms with Crippen LogP contribution in [0.1, 0.15) is 6.42 Å². The van der Waals surface area contributed by atoms with Crippen molar-refractivity contribution in [1.29, 1.82) is 0 Å². The third-order valence-electron chi connectivity index (χ3n) is 4.78. The van der Waals surface area contributed by atoms with Gasteiger partial charge in [-0.25, -0.2) is 4.57 Å². The first-order valence-corrected chi connectivity index (χ1v) is 10.1. The average molecular weight is 394 g/mol. The van der Waals surface area contributed by atoms with E-state index in [1.165, 1.54) is 0 Å². The fraction of sp³-hybridized carbons (Fsp3) is 0.250. The second kappa shape index (κ2) is 7.38. The molecule has 4 aromatic rings. The lowest BCUT2D eigenvalue weighted by Gasteiger charge is -2.21. The van der Waals surface area contributed by atoms with E-state index in [4.69, 9.17) is 9.47 Å². The monoisotopic (exact) mass is 394 g/mol. The zero-order chi connectivity index (χ0) is 18.9. The van der Waals surface area contributed by atoms with E-state index in [0.717, 1.165) is 28.5 Å². The quantitative estimate of drug-likeness (QED) is 0.496. The summed E-state index contributed by atoms with van der Waals surface area (Å²) in [6, 6.07) is 17.1. The highest BCUT2D eigenvalue weighted by atomic mass is 32.2. The van der Waals surface area contributed by atoms with E-state index in [2.05, 4.69) is 10.2 Å². The number of para-hydroxylation sites is 2. The summed E-state index contributed by atoms with van der Waals surface area (Å²) < 4.78 is 14.4. The molecule has 0 bridgehead atoms. The number of nitrogens with zero attached hydrogens (tertiary/aromatic N) is 4. The number of aromatic nitrogens is 4. The summed E-state index contributed by atoms with van der Waals surface area (Å²) in [4.78, 5) is 13.2. The zero-order valence-corrected chi connectivity index (χ0v) is 15.8. The Morgan fingerprint density at radius 2 is 1.89 bits per heavy atom. The molecule has 0 amide bonds. The van der Waals surface area contributed by atoms with Gasteiger partial charge in [0.1, 0.15) is 6.79 Å². The number of benzene rings is 2. The van der Waals surface area contributed by atoms with Crippen LogP contribution < -0.4 is 5.56 Å². The highest BCUT2D eigenvalue weighted by Gasteiger charge is 2.20. The van der Waals surface area contributed by atoms with Gasteiger partial charge in [-0.3, -0.25) is 9.20 Å². The maximum absolute atomic E-state index is 13.2. The molecule has 0 aliphatic carbocycles. The van der Waals surface area contributed by atoms with Crippen molar-refractivity contribution < 1.29 is 9.47 Å². The maximum Gasteiger partial charge on any atom is 0.267 e. The molecule has 3 heterocycles. The van der Waals surface area contributed by atoms with Gasteiger partial charge in [0.25, 0.3) is 5.56 Å². The second-order valence-electron chi connectivity index (χ2n) is 6.53. The fourth-order valence-corrected chi connectivity index (χ4v) is 4.39. The largest absolute Gasteiger partial charge is 0.355 e. The van der Waals surface area contributed by atoms with Crippen LogP contribution in [0, 0.1) is 0 Å². The molecule has 7 nitrogen and oxygen atoms in total. The first kappa shape index (κ1) is 17.4. The highest BCUT2D eigenvalue weighted by molar-refractivity contribution is 7.99. The van der Waals surface area contributed by atoms with E-state index in [9.17, 15) is 4.79 Å². The van der Waals surface area contributed by atoms with E-state index in [1.54, 1.807) is 16.3 Å². The van der Waals surface area contributed by atoms with Gasteiger partial charge in [0, 0.05) is 5.75 Å². The van der Waals surface area contributed by atoms with Crippen LogP contribution in [0.3, 0.4) is 0 Å². The van der Waals surface area contributed by atoms with E-state index < -0.39 is 0 Å². The third kappa shape index (κ3) is 2.99. The number of rotatable bonds is 4. The molecule has 1 fully saturated rings. The lowest BCUT2D eigenvalue weighted by molar-refractivity contribution is -0.130. The maximum atomic E-state index is 13.2. The Morgan fingerprint density at radius 3 is 2.71 bits per heavy atom. The molecule has 1 aliphatic heterocycles. The molecule has 0 N–H and O–H groups in total. The van der Waals surface area contributed by atoms with Gasteiger partial charge in [0.05, 0.1) is 29.3 Å². The van der Waals surface area contributed by atoms with Gasteiger partial charge in [0.2, 0.25) is 5.78 Å². The molecule has 0 spiro atoms. The minimum absolute atomic E-state index is 0.106. The standard InChI is InChI=1S/C20H18N4O3S/c25-18-16-8-4-5-9-17(16)24-19(23(18)14-6-2-1-3-7-14)21-22-20(24)28-12-15-10-11-26-13-27-15/h1-9,15H,10-13H2/t15-/m1/s1. The summed E-state index contributed by atoms with van der Waals surface area (Å²) in [6.07, 6.45) is 0.983. The van der Waals surface area contributed by atoms with Crippen LogP contribution in [0.2, 0.25) is 0 Å².